The Morgan fingerprint density at radius 1 is 1.60 bits per heavy atom. The third-order valence-corrected chi connectivity index (χ3v) is 2.25. The number of ether oxygens (including phenoxy) is 1. The SMILES string of the molecule is O=C(O)c1cccc2c1OCC(CO)N2. The third-order valence-electron chi connectivity index (χ3n) is 2.25. The number of carbonyl (C=O) groups is 1. The van der Waals surface area contributed by atoms with Gasteiger partial charge in [0.2, 0.25) is 0 Å². The van der Waals surface area contributed by atoms with Crippen LogP contribution in [0.1, 0.15) is 10.4 Å². The van der Waals surface area contributed by atoms with Gasteiger partial charge in [-0.25, -0.2) is 4.79 Å². The average Bonchev–Trinajstić information content (AvgIpc) is 2.27. The summed E-state index contributed by atoms with van der Waals surface area (Å²) >= 11 is 0. The Morgan fingerprint density at radius 3 is 3.07 bits per heavy atom. The summed E-state index contributed by atoms with van der Waals surface area (Å²) < 4.78 is 5.32. The molecule has 1 aromatic rings. The lowest BCUT2D eigenvalue weighted by Gasteiger charge is -2.26. The Labute approximate surface area is 86.3 Å². The normalized spacial score (nSPS) is 18.6. The Morgan fingerprint density at radius 2 is 2.40 bits per heavy atom. The number of aliphatic hydroxyl groups is 1. The van der Waals surface area contributed by atoms with Gasteiger partial charge < -0.3 is 20.3 Å². The quantitative estimate of drug-likeness (QED) is 0.663. The zero-order valence-corrected chi connectivity index (χ0v) is 7.93. The molecular weight excluding hydrogens is 198 g/mol. The van der Waals surface area contributed by atoms with E-state index in [0.717, 1.165) is 0 Å². The van der Waals surface area contributed by atoms with E-state index in [-0.39, 0.29) is 24.8 Å². The molecule has 0 fully saturated rings. The van der Waals surface area contributed by atoms with Crippen LogP contribution in [0.4, 0.5) is 5.69 Å². The van der Waals surface area contributed by atoms with Crippen molar-refractivity contribution in [2.75, 3.05) is 18.5 Å². The molecule has 1 heterocycles. The molecule has 2 rings (SSSR count). The maximum Gasteiger partial charge on any atom is 0.339 e. The molecule has 0 radical (unpaired) electrons. The Balaban J connectivity index is 2.37. The Kier molecular flexibility index (Phi) is 2.47. The number of aromatic carboxylic acids is 1. The van der Waals surface area contributed by atoms with Gasteiger partial charge in [-0.15, -0.1) is 0 Å². The Bertz CT molecular complexity index is 391. The molecule has 5 nitrogen and oxygen atoms in total. The maximum atomic E-state index is 10.9. The number of carboxylic acid groups (broad SMARTS) is 1. The highest BCUT2D eigenvalue weighted by molar-refractivity contribution is 5.93. The van der Waals surface area contributed by atoms with E-state index in [0.29, 0.717) is 11.4 Å². The van der Waals surface area contributed by atoms with E-state index in [4.69, 9.17) is 14.9 Å². The molecule has 1 aliphatic rings. The molecule has 0 saturated heterocycles. The van der Waals surface area contributed by atoms with Crippen molar-refractivity contribution in [1.82, 2.24) is 0 Å². The largest absolute Gasteiger partial charge is 0.488 e. The predicted octanol–water partition coefficient (Wildman–Crippen LogP) is 0.550. The topological polar surface area (TPSA) is 78.8 Å². The molecule has 1 unspecified atom stereocenters. The van der Waals surface area contributed by atoms with Gasteiger partial charge in [0.25, 0.3) is 0 Å². The van der Waals surface area contributed by atoms with Gasteiger partial charge in [-0.3, -0.25) is 0 Å². The summed E-state index contributed by atoms with van der Waals surface area (Å²) in [6, 6.07) is 4.67. The minimum atomic E-state index is -1.02. The summed E-state index contributed by atoms with van der Waals surface area (Å²) in [5, 5.41) is 20.8. The third kappa shape index (κ3) is 1.73. The van der Waals surface area contributed by atoms with Crippen LogP contribution in [0.15, 0.2) is 18.2 Å². The molecule has 0 spiro atoms. The van der Waals surface area contributed by atoms with E-state index < -0.39 is 5.97 Å². The van der Waals surface area contributed by atoms with Crippen molar-refractivity contribution >= 4 is 11.7 Å². The van der Waals surface area contributed by atoms with Gasteiger partial charge in [-0.1, -0.05) is 6.07 Å². The first-order valence-corrected chi connectivity index (χ1v) is 4.59. The van der Waals surface area contributed by atoms with Crippen molar-refractivity contribution < 1.29 is 19.7 Å². The first kappa shape index (κ1) is 9.79. The molecule has 1 aliphatic heterocycles. The molecule has 0 amide bonds. The zero-order valence-electron chi connectivity index (χ0n) is 7.93. The summed E-state index contributed by atoms with van der Waals surface area (Å²) in [5.41, 5.74) is 0.747. The number of fused-ring (bicyclic) bond motifs is 1. The van der Waals surface area contributed by atoms with Crippen LogP contribution in [-0.2, 0) is 0 Å². The highest BCUT2D eigenvalue weighted by atomic mass is 16.5. The molecule has 3 N–H and O–H groups in total. The summed E-state index contributed by atoms with van der Waals surface area (Å²) in [5.74, 6) is -0.675. The fourth-order valence-corrected chi connectivity index (χ4v) is 1.52. The van der Waals surface area contributed by atoms with Crippen LogP contribution in [-0.4, -0.2) is 35.4 Å². The second-order valence-electron chi connectivity index (χ2n) is 3.32. The number of benzene rings is 1. The van der Waals surface area contributed by atoms with Crippen LogP contribution < -0.4 is 10.1 Å². The lowest BCUT2D eigenvalue weighted by molar-refractivity contribution is 0.0691. The number of anilines is 1. The van der Waals surface area contributed by atoms with E-state index in [1.165, 1.54) is 6.07 Å². The predicted molar refractivity (Wildman–Crippen MR) is 53.4 cm³/mol. The van der Waals surface area contributed by atoms with Crippen molar-refractivity contribution in [1.29, 1.82) is 0 Å². The zero-order chi connectivity index (χ0) is 10.8. The van der Waals surface area contributed by atoms with Gasteiger partial charge in [0, 0.05) is 0 Å². The highest BCUT2D eigenvalue weighted by Gasteiger charge is 2.22. The number of nitrogens with one attached hydrogen (secondary N) is 1. The lowest BCUT2D eigenvalue weighted by atomic mass is 10.1. The lowest BCUT2D eigenvalue weighted by Crippen LogP contribution is -2.34. The highest BCUT2D eigenvalue weighted by Crippen LogP contribution is 2.32. The molecule has 1 aromatic carbocycles. The van der Waals surface area contributed by atoms with Crippen LogP contribution in [0.5, 0.6) is 5.75 Å². The van der Waals surface area contributed by atoms with Gasteiger partial charge in [0.15, 0.2) is 5.75 Å². The second-order valence-corrected chi connectivity index (χ2v) is 3.32. The number of para-hydroxylation sites is 1. The van der Waals surface area contributed by atoms with E-state index in [9.17, 15) is 4.79 Å². The number of aliphatic hydroxyl groups excluding tert-OH is 1. The molecule has 1 atom stereocenters. The first-order chi connectivity index (χ1) is 7.22. The number of hydrogen-bond acceptors (Lipinski definition) is 4. The first-order valence-electron chi connectivity index (χ1n) is 4.59. The van der Waals surface area contributed by atoms with Crippen molar-refractivity contribution in [2.24, 2.45) is 0 Å². The average molecular weight is 209 g/mol. The molecule has 0 aromatic heterocycles. The van der Waals surface area contributed by atoms with E-state index in [2.05, 4.69) is 5.32 Å². The fraction of sp³-hybridized carbons (Fsp3) is 0.300. The van der Waals surface area contributed by atoms with Gasteiger partial charge in [0.1, 0.15) is 12.2 Å². The van der Waals surface area contributed by atoms with Crippen LogP contribution >= 0.6 is 0 Å². The standard InChI is InChI=1S/C10H11NO4/c12-4-6-5-15-9-7(10(13)14)2-1-3-8(9)11-6/h1-3,6,11-12H,4-5H2,(H,13,14). The van der Waals surface area contributed by atoms with Crippen molar-refractivity contribution in [3.63, 3.8) is 0 Å². The van der Waals surface area contributed by atoms with Gasteiger partial charge >= 0.3 is 5.97 Å². The van der Waals surface area contributed by atoms with Crippen molar-refractivity contribution in [2.45, 2.75) is 6.04 Å². The van der Waals surface area contributed by atoms with Crippen molar-refractivity contribution in [3.8, 4) is 5.75 Å². The number of rotatable bonds is 2. The molecular formula is C10H11NO4. The number of hydrogen-bond donors (Lipinski definition) is 3. The summed E-state index contributed by atoms with van der Waals surface area (Å²) in [4.78, 5) is 10.9. The van der Waals surface area contributed by atoms with Gasteiger partial charge in [-0.2, -0.15) is 0 Å². The van der Waals surface area contributed by atoms with Gasteiger partial charge in [0.05, 0.1) is 18.3 Å². The molecule has 15 heavy (non-hydrogen) atoms. The Hall–Kier alpha value is -1.75. The minimum absolute atomic E-state index is 0.0449. The smallest absolute Gasteiger partial charge is 0.339 e. The summed E-state index contributed by atoms with van der Waals surface area (Å²) in [7, 11) is 0. The summed E-state index contributed by atoms with van der Waals surface area (Å²) in [6.07, 6.45) is 0. The van der Waals surface area contributed by atoms with Crippen LogP contribution in [0.3, 0.4) is 0 Å². The van der Waals surface area contributed by atoms with E-state index in [1.54, 1.807) is 12.1 Å². The molecule has 0 saturated carbocycles. The fourth-order valence-electron chi connectivity index (χ4n) is 1.52. The molecule has 0 bridgehead atoms. The van der Waals surface area contributed by atoms with E-state index in [1.807, 2.05) is 0 Å². The number of carboxylic acids is 1. The van der Waals surface area contributed by atoms with E-state index >= 15 is 0 Å². The van der Waals surface area contributed by atoms with Crippen LogP contribution in [0, 0.1) is 0 Å². The molecule has 5 heteroatoms. The van der Waals surface area contributed by atoms with Crippen LogP contribution in [0.25, 0.3) is 0 Å². The monoisotopic (exact) mass is 209 g/mol. The molecule has 80 valence electrons. The minimum Gasteiger partial charge on any atom is -0.488 e. The second kappa shape index (κ2) is 3.78. The maximum absolute atomic E-state index is 10.9. The summed E-state index contributed by atoms with van der Waals surface area (Å²) in [6.45, 7) is 0.227. The van der Waals surface area contributed by atoms with Crippen molar-refractivity contribution in [3.05, 3.63) is 23.8 Å². The van der Waals surface area contributed by atoms with Crippen LogP contribution in [0.2, 0.25) is 0 Å². The molecule has 0 aliphatic carbocycles. The van der Waals surface area contributed by atoms with Gasteiger partial charge in [-0.05, 0) is 12.1 Å².